The normalized spacial score (nSPS) is 16.6. The molecule has 1 fully saturated rings. The van der Waals surface area contributed by atoms with E-state index in [1.54, 1.807) is 38.1 Å². The fourth-order valence-corrected chi connectivity index (χ4v) is 2.99. The zero-order valence-electron chi connectivity index (χ0n) is 15.4. The van der Waals surface area contributed by atoms with Gasteiger partial charge in [-0.1, -0.05) is 18.2 Å². The smallest absolute Gasteiger partial charge is 0.359 e. The molecule has 0 spiro atoms. The summed E-state index contributed by atoms with van der Waals surface area (Å²) in [7, 11) is 0. The van der Waals surface area contributed by atoms with Crippen LogP contribution in [0.2, 0.25) is 0 Å². The van der Waals surface area contributed by atoms with Gasteiger partial charge in [-0.05, 0) is 32.8 Å². The predicted octanol–water partition coefficient (Wildman–Crippen LogP) is 1.43. The van der Waals surface area contributed by atoms with E-state index >= 15 is 0 Å². The molecule has 0 saturated carbocycles. The summed E-state index contributed by atoms with van der Waals surface area (Å²) in [5.41, 5.74) is -0.253. The highest BCUT2D eigenvalue weighted by molar-refractivity contribution is 6.02. The quantitative estimate of drug-likeness (QED) is 0.769. The van der Waals surface area contributed by atoms with Crippen LogP contribution in [-0.2, 0) is 14.3 Å². The first-order chi connectivity index (χ1) is 13.0. The number of fused-ring (bicyclic) bond motifs is 1. The Kier molecular flexibility index (Phi) is 5.85. The van der Waals surface area contributed by atoms with Gasteiger partial charge in [-0.3, -0.25) is 9.59 Å². The molecule has 27 heavy (non-hydrogen) atoms. The van der Waals surface area contributed by atoms with Gasteiger partial charge in [0.1, 0.15) is 0 Å². The first-order valence-corrected chi connectivity index (χ1v) is 9.04. The highest BCUT2D eigenvalue weighted by atomic mass is 16.5. The summed E-state index contributed by atoms with van der Waals surface area (Å²) in [4.78, 5) is 36.9. The van der Waals surface area contributed by atoms with Crippen molar-refractivity contribution >= 4 is 22.6 Å². The summed E-state index contributed by atoms with van der Waals surface area (Å²) < 4.78 is 11.8. The lowest BCUT2D eigenvalue weighted by Gasteiger charge is -2.13. The standard InChI is InChI=1S/C19H23N3O5/c1-12(2)22-18(24)15-8-4-3-7-14(15)17(21-22)19(25)27-11-16(23)20-10-13-6-5-9-26-13/h3-4,7-8,12-13H,5-6,9-11H2,1-2H3,(H,20,23)/t13-/m1/s1. The minimum Gasteiger partial charge on any atom is -0.451 e. The van der Waals surface area contributed by atoms with Gasteiger partial charge in [0.05, 0.1) is 17.5 Å². The number of carbonyl (C=O) groups excluding carboxylic acids is 2. The lowest BCUT2D eigenvalue weighted by Crippen LogP contribution is -2.35. The van der Waals surface area contributed by atoms with Gasteiger partial charge in [0.25, 0.3) is 11.5 Å². The van der Waals surface area contributed by atoms with E-state index in [4.69, 9.17) is 9.47 Å². The van der Waals surface area contributed by atoms with Crippen molar-refractivity contribution in [2.45, 2.75) is 38.8 Å². The maximum atomic E-state index is 12.5. The van der Waals surface area contributed by atoms with Gasteiger partial charge in [-0.2, -0.15) is 5.10 Å². The van der Waals surface area contributed by atoms with Crippen LogP contribution in [0.5, 0.6) is 0 Å². The van der Waals surface area contributed by atoms with Gasteiger partial charge in [-0.15, -0.1) is 0 Å². The summed E-state index contributed by atoms with van der Waals surface area (Å²) in [6.07, 6.45) is 1.91. The summed E-state index contributed by atoms with van der Waals surface area (Å²) in [6, 6.07) is 6.51. The second-order valence-corrected chi connectivity index (χ2v) is 6.75. The van der Waals surface area contributed by atoms with Crippen LogP contribution >= 0.6 is 0 Å². The molecule has 3 rings (SSSR count). The van der Waals surface area contributed by atoms with Gasteiger partial charge >= 0.3 is 5.97 Å². The van der Waals surface area contributed by atoms with Crippen LogP contribution < -0.4 is 10.9 Å². The van der Waals surface area contributed by atoms with Crippen molar-refractivity contribution in [3.05, 3.63) is 40.3 Å². The number of hydrogen-bond acceptors (Lipinski definition) is 6. The number of benzene rings is 1. The van der Waals surface area contributed by atoms with Gasteiger partial charge in [-0.25, -0.2) is 9.48 Å². The minimum absolute atomic E-state index is 0.0184. The van der Waals surface area contributed by atoms with Crippen LogP contribution in [0.1, 0.15) is 43.2 Å². The number of nitrogens with zero attached hydrogens (tertiary/aromatic N) is 2. The Balaban J connectivity index is 1.72. The van der Waals surface area contributed by atoms with Crippen LogP contribution in [0, 0.1) is 0 Å². The molecule has 1 aliphatic heterocycles. The van der Waals surface area contributed by atoms with Gasteiger partial charge in [0, 0.05) is 18.5 Å². The Morgan fingerprint density at radius 3 is 2.74 bits per heavy atom. The number of rotatable bonds is 6. The second kappa shape index (κ2) is 8.30. The fourth-order valence-electron chi connectivity index (χ4n) is 2.99. The van der Waals surface area contributed by atoms with E-state index in [9.17, 15) is 14.4 Å². The van der Waals surface area contributed by atoms with E-state index < -0.39 is 18.5 Å². The third kappa shape index (κ3) is 4.33. The Hall–Kier alpha value is -2.74. The maximum Gasteiger partial charge on any atom is 0.359 e. The lowest BCUT2D eigenvalue weighted by atomic mass is 10.1. The van der Waals surface area contributed by atoms with Crippen molar-refractivity contribution in [3.63, 3.8) is 0 Å². The SMILES string of the molecule is CC(C)n1nc(C(=O)OCC(=O)NC[C@H]2CCCO2)c2ccccc2c1=O. The van der Waals surface area contributed by atoms with E-state index in [0.717, 1.165) is 12.8 Å². The first-order valence-electron chi connectivity index (χ1n) is 9.04. The number of nitrogens with one attached hydrogen (secondary N) is 1. The van der Waals surface area contributed by atoms with E-state index in [1.807, 2.05) is 0 Å². The Bertz CT molecular complexity index is 900. The lowest BCUT2D eigenvalue weighted by molar-refractivity contribution is -0.124. The molecular formula is C19H23N3O5. The molecule has 1 aromatic heterocycles. The van der Waals surface area contributed by atoms with Crippen molar-refractivity contribution in [1.29, 1.82) is 0 Å². The molecule has 144 valence electrons. The average Bonchev–Trinajstić information content (AvgIpc) is 3.18. The summed E-state index contributed by atoms with van der Waals surface area (Å²) >= 11 is 0. The van der Waals surface area contributed by atoms with Crippen LogP contribution in [0.25, 0.3) is 10.8 Å². The Labute approximate surface area is 156 Å². The third-order valence-corrected chi connectivity index (χ3v) is 4.40. The van der Waals surface area contributed by atoms with Crippen LogP contribution in [-0.4, -0.2) is 47.5 Å². The van der Waals surface area contributed by atoms with Crippen molar-refractivity contribution in [2.75, 3.05) is 19.8 Å². The maximum absolute atomic E-state index is 12.5. The summed E-state index contributed by atoms with van der Waals surface area (Å²) in [6.45, 7) is 4.30. The van der Waals surface area contributed by atoms with E-state index in [1.165, 1.54) is 4.68 Å². The molecular weight excluding hydrogens is 350 g/mol. The van der Waals surface area contributed by atoms with Crippen LogP contribution in [0.15, 0.2) is 29.1 Å². The van der Waals surface area contributed by atoms with Crippen molar-refractivity contribution in [1.82, 2.24) is 15.1 Å². The molecule has 1 atom stereocenters. The van der Waals surface area contributed by atoms with Crippen molar-refractivity contribution in [2.24, 2.45) is 0 Å². The van der Waals surface area contributed by atoms with E-state index in [0.29, 0.717) is 23.9 Å². The zero-order valence-corrected chi connectivity index (χ0v) is 15.4. The molecule has 1 amide bonds. The molecule has 0 aliphatic carbocycles. The van der Waals surface area contributed by atoms with Gasteiger partial charge < -0.3 is 14.8 Å². The third-order valence-electron chi connectivity index (χ3n) is 4.40. The second-order valence-electron chi connectivity index (χ2n) is 6.75. The molecule has 0 unspecified atom stereocenters. The summed E-state index contributed by atoms with van der Waals surface area (Å²) in [5.74, 6) is -1.15. The molecule has 1 N–H and O–H groups in total. The van der Waals surface area contributed by atoms with Gasteiger partial charge in [0.2, 0.25) is 0 Å². The Morgan fingerprint density at radius 1 is 1.33 bits per heavy atom. The highest BCUT2D eigenvalue weighted by Gasteiger charge is 2.21. The average molecular weight is 373 g/mol. The number of amides is 1. The summed E-state index contributed by atoms with van der Waals surface area (Å²) in [5, 5.41) is 7.65. The molecule has 8 nitrogen and oxygen atoms in total. The largest absolute Gasteiger partial charge is 0.451 e. The van der Waals surface area contributed by atoms with E-state index in [2.05, 4.69) is 10.4 Å². The zero-order chi connectivity index (χ0) is 19.4. The Morgan fingerprint density at radius 2 is 2.07 bits per heavy atom. The van der Waals surface area contributed by atoms with Gasteiger partial charge in [0.15, 0.2) is 12.3 Å². The first kappa shape index (κ1) is 19.0. The van der Waals surface area contributed by atoms with Crippen LogP contribution in [0.4, 0.5) is 0 Å². The molecule has 8 heteroatoms. The highest BCUT2D eigenvalue weighted by Crippen LogP contribution is 2.15. The number of hydrogen-bond donors (Lipinski definition) is 1. The van der Waals surface area contributed by atoms with E-state index in [-0.39, 0.29) is 23.4 Å². The monoisotopic (exact) mass is 373 g/mol. The number of esters is 1. The molecule has 0 bridgehead atoms. The fraction of sp³-hybridized carbons (Fsp3) is 0.474. The molecule has 2 aromatic rings. The molecule has 0 radical (unpaired) electrons. The van der Waals surface area contributed by atoms with Crippen molar-refractivity contribution in [3.8, 4) is 0 Å². The molecule has 1 saturated heterocycles. The minimum atomic E-state index is -0.743. The molecule has 1 aromatic carbocycles. The predicted molar refractivity (Wildman–Crippen MR) is 98.7 cm³/mol. The molecule has 2 heterocycles. The number of ether oxygens (including phenoxy) is 2. The van der Waals surface area contributed by atoms with Crippen molar-refractivity contribution < 1.29 is 19.1 Å². The number of aromatic nitrogens is 2. The molecule has 1 aliphatic rings. The topological polar surface area (TPSA) is 99.5 Å². The number of carbonyl (C=O) groups is 2. The van der Waals surface area contributed by atoms with Crippen LogP contribution in [0.3, 0.4) is 0 Å².